The molecule has 2 amide bonds. The van der Waals surface area contributed by atoms with Gasteiger partial charge in [-0.3, -0.25) is 19.9 Å². The normalized spacial score (nSPS) is 16.8. The van der Waals surface area contributed by atoms with Crippen LogP contribution in [0.1, 0.15) is 41.2 Å². The van der Waals surface area contributed by atoms with Gasteiger partial charge < -0.3 is 14.4 Å². The molecule has 8 nitrogen and oxygen atoms in total. The summed E-state index contributed by atoms with van der Waals surface area (Å²) in [5.41, 5.74) is 3.38. The molecule has 0 radical (unpaired) electrons. The van der Waals surface area contributed by atoms with Crippen LogP contribution in [0.25, 0.3) is 11.0 Å². The quantitative estimate of drug-likeness (QED) is 0.568. The molecule has 0 bridgehead atoms. The number of aromatic nitrogens is 3. The highest BCUT2D eigenvalue weighted by molar-refractivity contribution is 6.04. The number of benzene rings is 1. The van der Waals surface area contributed by atoms with E-state index in [4.69, 9.17) is 4.98 Å². The van der Waals surface area contributed by atoms with E-state index in [9.17, 15) is 9.59 Å². The fourth-order valence-corrected chi connectivity index (χ4v) is 4.44. The molecule has 1 aliphatic heterocycles. The van der Waals surface area contributed by atoms with Crippen LogP contribution in [0.2, 0.25) is 0 Å². The molecule has 34 heavy (non-hydrogen) atoms. The number of nitrogens with one attached hydrogen (secondary N) is 1. The number of para-hydroxylation sites is 1. The van der Waals surface area contributed by atoms with Crippen molar-refractivity contribution < 1.29 is 9.59 Å². The predicted molar refractivity (Wildman–Crippen MR) is 134 cm³/mol. The van der Waals surface area contributed by atoms with Crippen molar-refractivity contribution in [2.24, 2.45) is 0 Å². The molecule has 0 spiro atoms. The van der Waals surface area contributed by atoms with Gasteiger partial charge in [0, 0.05) is 38.1 Å². The fourth-order valence-electron chi connectivity index (χ4n) is 4.44. The second-order valence-corrected chi connectivity index (χ2v) is 9.04. The maximum absolute atomic E-state index is 12.9. The number of carbonyl (C=O) groups is 2. The number of pyridine rings is 1. The van der Waals surface area contributed by atoms with Gasteiger partial charge >= 0.3 is 0 Å². The molecule has 0 saturated carbocycles. The standard InChI is InChI=1S/C26H32N6O2/c1-19-9-6-12-22-24(19)32(26(28-22)29-25(34)20-10-7-14-27-17-20)21-11-4-5-16-31(18-21)23(33)13-8-15-30(2)3/h6-10,12-14,17,21H,4-5,11,15-16,18H2,1-3H3,(H,28,29,34)/b13-8+. The zero-order valence-corrected chi connectivity index (χ0v) is 20.1. The van der Waals surface area contributed by atoms with E-state index >= 15 is 0 Å². The first-order valence-electron chi connectivity index (χ1n) is 11.7. The van der Waals surface area contributed by atoms with Crippen LogP contribution in [0.3, 0.4) is 0 Å². The topological polar surface area (TPSA) is 83.4 Å². The molecule has 2 aromatic heterocycles. The summed E-state index contributed by atoms with van der Waals surface area (Å²) in [5.74, 6) is 0.270. The molecule has 1 aliphatic rings. The van der Waals surface area contributed by atoms with Crippen molar-refractivity contribution in [2.75, 3.05) is 39.0 Å². The summed E-state index contributed by atoms with van der Waals surface area (Å²) in [6, 6.07) is 9.45. The van der Waals surface area contributed by atoms with Crippen LogP contribution in [0.5, 0.6) is 0 Å². The highest BCUT2D eigenvalue weighted by atomic mass is 16.2. The number of rotatable bonds is 6. The maximum atomic E-state index is 12.9. The lowest BCUT2D eigenvalue weighted by atomic mass is 10.1. The zero-order chi connectivity index (χ0) is 24.1. The molecule has 8 heteroatoms. The first-order chi connectivity index (χ1) is 16.4. The Labute approximate surface area is 200 Å². The predicted octanol–water partition coefficient (Wildman–Crippen LogP) is 3.66. The highest BCUT2D eigenvalue weighted by Crippen LogP contribution is 2.32. The van der Waals surface area contributed by atoms with E-state index in [0.717, 1.165) is 48.9 Å². The Hall–Kier alpha value is -3.52. The Morgan fingerprint density at radius 2 is 2.06 bits per heavy atom. The van der Waals surface area contributed by atoms with E-state index in [0.29, 0.717) is 18.1 Å². The van der Waals surface area contributed by atoms with Crippen LogP contribution < -0.4 is 5.32 Å². The summed E-state index contributed by atoms with van der Waals surface area (Å²) in [5, 5.41) is 3.00. The summed E-state index contributed by atoms with van der Waals surface area (Å²) < 4.78 is 2.12. The Morgan fingerprint density at radius 1 is 1.21 bits per heavy atom. The number of likely N-dealkylation sites (tertiary alicyclic amines) is 1. The maximum Gasteiger partial charge on any atom is 0.259 e. The first kappa shape index (κ1) is 23.6. The van der Waals surface area contributed by atoms with Crippen LogP contribution in [-0.4, -0.2) is 69.9 Å². The minimum atomic E-state index is -0.254. The highest BCUT2D eigenvalue weighted by Gasteiger charge is 2.27. The minimum Gasteiger partial charge on any atom is -0.337 e. The zero-order valence-electron chi connectivity index (χ0n) is 20.1. The van der Waals surface area contributed by atoms with Crippen molar-refractivity contribution in [1.29, 1.82) is 0 Å². The van der Waals surface area contributed by atoms with E-state index in [-0.39, 0.29) is 17.9 Å². The number of amides is 2. The molecule has 1 saturated heterocycles. The molecule has 1 fully saturated rings. The van der Waals surface area contributed by atoms with Crippen molar-refractivity contribution >= 4 is 28.8 Å². The van der Waals surface area contributed by atoms with E-state index < -0.39 is 0 Å². The lowest BCUT2D eigenvalue weighted by Gasteiger charge is -2.26. The van der Waals surface area contributed by atoms with Gasteiger partial charge in [-0.2, -0.15) is 0 Å². The van der Waals surface area contributed by atoms with Gasteiger partial charge in [-0.1, -0.05) is 18.2 Å². The average Bonchev–Trinajstić information content (AvgIpc) is 3.01. The SMILES string of the molecule is Cc1cccc2nc(NC(=O)c3cccnc3)n(C3CCCCN(C(=O)/C=C/CN(C)C)C3)c12. The molecule has 1 aromatic carbocycles. The number of anilines is 1. The molecule has 4 rings (SSSR count). The summed E-state index contributed by atoms with van der Waals surface area (Å²) in [7, 11) is 3.95. The second-order valence-electron chi connectivity index (χ2n) is 9.04. The molecule has 1 unspecified atom stereocenters. The van der Waals surface area contributed by atoms with E-state index in [2.05, 4.69) is 27.9 Å². The van der Waals surface area contributed by atoms with Gasteiger partial charge in [0.25, 0.3) is 5.91 Å². The third-order valence-corrected chi connectivity index (χ3v) is 6.12. The molecule has 1 atom stereocenters. The van der Waals surface area contributed by atoms with Gasteiger partial charge in [-0.05, 0) is 64.0 Å². The van der Waals surface area contributed by atoms with Crippen molar-refractivity contribution in [3.05, 3.63) is 66.0 Å². The largest absolute Gasteiger partial charge is 0.337 e. The smallest absolute Gasteiger partial charge is 0.259 e. The molecular weight excluding hydrogens is 428 g/mol. The second kappa shape index (κ2) is 10.6. The molecule has 178 valence electrons. The lowest BCUT2D eigenvalue weighted by Crippen LogP contribution is -2.35. The number of carbonyl (C=O) groups excluding carboxylic acids is 2. The third kappa shape index (κ3) is 5.34. The van der Waals surface area contributed by atoms with Gasteiger partial charge in [-0.15, -0.1) is 0 Å². The third-order valence-electron chi connectivity index (χ3n) is 6.12. The number of nitrogens with zero attached hydrogens (tertiary/aromatic N) is 5. The molecule has 3 heterocycles. The molecule has 3 aromatic rings. The van der Waals surface area contributed by atoms with Gasteiger partial charge in [0.05, 0.1) is 22.6 Å². The van der Waals surface area contributed by atoms with Gasteiger partial charge in [0.1, 0.15) is 0 Å². The number of imidazole rings is 1. The van der Waals surface area contributed by atoms with Crippen LogP contribution in [-0.2, 0) is 4.79 Å². The van der Waals surface area contributed by atoms with Gasteiger partial charge in [0.2, 0.25) is 11.9 Å². The molecular formula is C26H32N6O2. The van der Waals surface area contributed by atoms with Crippen LogP contribution in [0, 0.1) is 6.92 Å². The van der Waals surface area contributed by atoms with Crippen molar-refractivity contribution in [1.82, 2.24) is 24.3 Å². The van der Waals surface area contributed by atoms with Crippen LogP contribution >= 0.6 is 0 Å². The minimum absolute atomic E-state index is 0.00370. The Bertz CT molecular complexity index is 1180. The lowest BCUT2D eigenvalue weighted by molar-refractivity contribution is -0.126. The first-order valence-corrected chi connectivity index (χ1v) is 11.7. The van der Waals surface area contributed by atoms with Crippen molar-refractivity contribution in [3.8, 4) is 0 Å². The monoisotopic (exact) mass is 460 g/mol. The Balaban J connectivity index is 1.67. The van der Waals surface area contributed by atoms with Crippen molar-refractivity contribution in [2.45, 2.75) is 32.2 Å². The number of hydrogen-bond donors (Lipinski definition) is 1. The van der Waals surface area contributed by atoms with Crippen molar-refractivity contribution in [3.63, 3.8) is 0 Å². The fraction of sp³-hybridized carbons (Fsp3) is 0.385. The van der Waals surface area contributed by atoms with E-state index in [1.54, 1.807) is 30.6 Å². The number of fused-ring (bicyclic) bond motifs is 1. The summed E-state index contributed by atoms with van der Waals surface area (Å²) >= 11 is 0. The number of hydrogen-bond acceptors (Lipinski definition) is 5. The van der Waals surface area contributed by atoms with Crippen LogP contribution in [0.4, 0.5) is 5.95 Å². The van der Waals surface area contributed by atoms with E-state index in [1.165, 1.54) is 0 Å². The van der Waals surface area contributed by atoms with Gasteiger partial charge in [0.15, 0.2) is 0 Å². The number of aryl methyl sites for hydroxylation is 1. The van der Waals surface area contributed by atoms with E-state index in [1.807, 2.05) is 42.1 Å². The van der Waals surface area contributed by atoms with Gasteiger partial charge in [-0.25, -0.2) is 4.98 Å². The summed E-state index contributed by atoms with van der Waals surface area (Å²) in [4.78, 5) is 38.6. The average molecular weight is 461 g/mol. The molecule has 0 aliphatic carbocycles. The Kier molecular flexibility index (Phi) is 7.37. The number of likely N-dealkylation sites (N-methyl/N-ethyl adjacent to an activating group) is 1. The Morgan fingerprint density at radius 3 is 2.82 bits per heavy atom. The van der Waals surface area contributed by atoms with Crippen LogP contribution in [0.15, 0.2) is 54.9 Å². The summed E-state index contributed by atoms with van der Waals surface area (Å²) in [6.07, 6.45) is 9.60. The molecule has 1 N–H and O–H groups in total. The summed E-state index contributed by atoms with van der Waals surface area (Å²) in [6.45, 7) is 4.07.